The van der Waals surface area contributed by atoms with Gasteiger partial charge in [-0.05, 0) is 51.3 Å². The molecule has 0 aliphatic rings. The quantitative estimate of drug-likeness (QED) is 0.591. The number of rotatable bonds is 8. The molecule has 25 heavy (non-hydrogen) atoms. The number of benzene rings is 1. The van der Waals surface area contributed by atoms with E-state index >= 15 is 0 Å². The Balaban J connectivity index is 2.57. The van der Waals surface area contributed by atoms with Crippen LogP contribution in [0.4, 0.5) is 0 Å². The molecule has 1 aromatic rings. The van der Waals surface area contributed by atoms with Crippen LogP contribution in [0.15, 0.2) is 29.2 Å². The second-order valence-electron chi connectivity index (χ2n) is 6.60. The summed E-state index contributed by atoms with van der Waals surface area (Å²) in [5, 5.41) is 10.6. The summed E-state index contributed by atoms with van der Waals surface area (Å²) in [5.41, 5.74) is -0.310. The van der Waals surface area contributed by atoms with E-state index in [0.717, 1.165) is 12.0 Å². The number of amides is 2. The highest BCUT2D eigenvalue weighted by Gasteiger charge is 2.36. The second kappa shape index (κ2) is 8.44. The number of primary sulfonamides is 1. The minimum atomic E-state index is -3.71. The first kappa shape index (κ1) is 21.1. The summed E-state index contributed by atoms with van der Waals surface area (Å²) in [4.78, 5) is 24.5. The van der Waals surface area contributed by atoms with Crippen LogP contribution in [0.3, 0.4) is 0 Å². The highest BCUT2D eigenvalue weighted by molar-refractivity contribution is 7.89. The SMILES string of the molecule is CCC(C)NC(=O)C(C)(C)C(=O)NCCc1ccc(S(N)(=O)=O)cc1. The molecule has 1 rings (SSSR count). The summed E-state index contributed by atoms with van der Waals surface area (Å²) in [6, 6.07) is 6.16. The Morgan fingerprint density at radius 1 is 1.16 bits per heavy atom. The highest BCUT2D eigenvalue weighted by Crippen LogP contribution is 2.16. The van der Waals surface area contributed by atoms with Crippen molar-refractivity contribution in [1.29, 1.82) is 0 Å². The van der Waals surface area contributed by atoms with Crippen LogP contribution in [-0.4, -0.2) is 32.8 Å². The van der Waals surface area contributed by atoms with Gasteiger partial charge in [0.05, 0.1) is 4.90 Å². The number of hydrogen-bond acceptors (Lipinski definition) is 4. The predicted octanol–water partition coefficient (Wildman–Crippen LogP) is 0.934. The third-order valence-corrected chi connectivity index (χ3v) is 5.01. The van der Waals surface area contributed by atoms with Crippen molar-refractivity contribution >= 4 is 21.8 Å². The fraction of sp³-hybridized carbons (Fsp3) is 0.529. The first-order valence-electron chi connectivity index (χ1n) is 8.19. The molecule has 0 bridgehead atoms. The summed E-state index contributed by atoms with van der Waals surface area (Å²) in [7, 11) is -3.71. The minimum absolute atomic E-state index is 0.0110. The summed E-state index contributed by atoms with van der Waals surface area (Å²) in [6.07, 6.45) is 1.30. The highest BCUT2D eigenvalue weighted by atomic mass is 32.2. The molecule has 0 saturated carbocycles. The molecule has 2 amide bonds. The zero-order valence-corrected chi connectivity index (χ0v) is 15.9. The van der Waals surface area contributed by atoms with Crippen LogP contribution < -0.4 is 15.8 Å². The number of nitrogens with two attached hydrogens (primary N) is 1. The van der Waals surface area contributed by atoms with Gasteiger partial charge in [-0.3, -0.25) is 9.59 Å². The molecule has 7 nitrogen and oxygen atoms in total. The summed E-state index contributed by atoms with van der Waals surface area (Å²) < 4.78 is 22.4. The molecular weight excluding hydrogens is 342 g/mol. The molecule has 0 heterocycles. The number of carbonyl (C=O) groups is 2. The van der Waals surface area contributed by atoms with E-state index in [-0.39, 0.29) is 22.8 Å². The Kier molecular flexibility index (Phi) is 7.13. The molecule has 0 radical (unpaired) electrons. The van der Waals surface area contributed by atoms with Crippen molar-refractivity contribution in [2.24, 2.45) is 10.6 Å². The van der Waals surface area contributed by atoms with Crippen molar-refractivity contribution in [3.8, 4) is 0 Å². The van der Waals surface area contributed by atoms with Crippen LogP contribution in [0.5, 0.6) is 0 Å². The number of nitrogens with one attached hydrogen (secondary N) is 2. The molecule has 0 aliphatic heterocycles. The van der Waals surface area contributed by atoms with E-state index in [0.29, 0.717) is 13.0 Å². The second-order valence-corrected chi connectivity index (χ2v) is 8.16. The van der Waals surface area contributed by atoms with Gasteiger partial charge < -0.3 is 10.6 Å². The average molecular weight is 369 g/mol. The Hall–Kier alpha value is -1.93. The molecular formula is C17H27N3O4S. The van der Waals surface area contributed by atoms with Crippen LogP contribution in [-0.2, 0) is 26.0 Å². The monoisotopic (exact) mass is 369 g/mol. The molecule has 1 atom stereocenters. The van der Waals surface area contributed by atoms with E-state index in [4.69, 9.17) is 5.14 Å². The van der Waals surface area contributed by atoms with Gasteiger partial charge in [0.25, 0.3) is 0 Å². The van der Waals surface area contributed by atoms with E-state index < -0.39 is 15.4 Å². The van der Waals surface area contributed by atoms with Crippen LogP contribution in [0.1, 0.15) is 39.7 Å². The maximum Gasteiger partial charge on any atom is 0.238 e. The molecule has 8 heteroatoms. The van der Waals surface area contributed by atoms with Crippen LogP contribution >= 0.6 is 0 Å². The lowest BCUT2D eigenvalue weighted by atomic mass is 9.90. The van der Waals surface area contributed by atoms with Crippen molar-refractivity contribution in [1.82, 2.24) is 10.6 Å². The van der Waals surface area contributed by atoms with Crippen molar-refractivity contribution in [3.05, 3.63) is 29.8 Å². The van der Waals surface area contributed by atoms with Crippen molar-refractivity contribution < 1.29 is 18.0 Å². The van der Waals surface area contributed by atoms with Crippen LogP contribution in [0.2, 0.25) is 0 Å². The van der Waals surface area contributed by atoms with E-state index in [2.05, 4.69) is 10.6 Å². The molecule has 0 fully saturated rings. The van der Waals surface area contributed by atoms with Gasteiger partial charge >= 0.3 is 0 Å². The molecule has 140 valence electrons. The first-order chi connectivity index (χ1) is 11.5. The van der Waals surface area contributed by atoms with Crippen LogP contribution in [0.25, 0.3) is 0 Å². The maximum atomic E-state index is 12.3. The molecule has 1 unspecified atom stereocenters. The van der Waals surface area contributed by atoms with Gasteiger partial charge in [-0.1, -0.05) is 19.1 Å². The summed E-state index contributed by atoms with van der Waals surface area (Å²) in [6.45, 7) is 7.35. The largest absolute Gasteiger partial charge is 0.355 e. The Bertz CT molecular complexity index is 712. The normalized spacial score (nSPS) is 13.2. The summed E-state index contributed by atoms with van der Waals surface area (Å²) >= 11 is 0. The van der Waals surface area contributed by atoms with Crippen molar-refractivity contribution in [2.75, 3.05) is 6.54 Å². The van der Waals surface area contributed by atoms with E-state index in [9.17, 15) is 18.0 Å². The van der Waals surface area contributed by atoms with Gasteiger partial charge in [0.2, 0.25) is 21.8 Å². The lowest BCUT2D eigenvalue weighted by molar-refractivity contribution is -0.141. The fourth-order valence-corrected chi connectivity index (χ4v) is 2.51. The zero-order chi connectivity index (χ0) is 19.3. The Labute approximate surface area is 149 Å². The van der Waals surface area contributed by atoms with E-state index in [1.165, 1.54) is 12.1 Å². The van der Waals surface area contributed by atoms with E-state index in [1.807, 2.05) is 13.8 Å². The third kappa shape index (κ3) is 6.13. The van der Waals surface area contributed by atoms with E-state index in [1.54, 1.807) is 26.0 Å². The van der Waals surface area contributed by atoms with Crippen LogP contribution in [0, 0.1) is 5.41 Å². The molecule has 1 aromatic carbocycles. The molecule has 0 aliphatic carbocycles. The van der Waals surface area contributed by atoms with Crippen molar-refractivity contribution in [2.45, 2.75) is 51.5 Å². The van der Waals surface area contributed by atoms with Crippen molar-refractivity contribution in [3.63, 3.8) is 0 Å². The zero-order valence-electron chi connectivity index (χ0n) is 15.1. The lowest BCUT2D eigenvalue weighted by Crippen LogP contribution is -2.50. The Morgan fingerprint density at radius 2 is 1.72 bits per heavy atom. The predicted molar refractivity (Wildman–Crippen MR) is 96.2 cm³/mol. The third-order valence-electron chi connectivity index (χ3n) is 4.08. The van der Waals surface area contributed by atoms with Gasteiger partial charge in [-0.15, -0.1) is 0 Å². The van der Waals surface area contributed by atoms with Gasteiger partial charge in [-0.2, -0.15) is 0 Å². The Morgan fingerprint density at radius 3 is 2.20 bits per heavy atom. The fourth-order valence-electron chi connectivity index (χ4n) is 2.00. The molecule has 0 spiro atoms. The smallest absolute Gasteiger partial charge is 0.238 e. The standard InChI is InChI=1S/C17H27N3O4S/c1-5-12(2)20-16(22)17(3,4)15(21)19-11-10-13-6-8-14(9-7-13)25(18,23)24/h6-9,12H,5,10-11H2,1-4H3,(H,19,21)(H,20,22)(H2,18,23,24). The molecule has 4 N–H and O–H groups in total. The number of sulfonamides is 1. The maximum absolute atomic E-state index is 12.3. The van der Waals surface area contributed by atoms with Gasteiger partial charge in [0.15, 0.2) is 0 Å². The minimum Gasteiger partial charge on any atom is -0.355 e. The lowest BCUT2D eigenvalue weighted by Gasteiger charge is -2.24. The summed E-state index contributed by atoms with van der Waals surface area (Å²) in [5.74, 6) is -0.661. The van der Waals surface area contributed by atoms with Gasteiger partial charge in [0.1, 0.15) is 5.41 Å². The van der Waals surface area contributed by atoms with Gasteiger partial charge in [0, 0.05) is 12.6 Å². The van der Waals surface area contributed by atoms with Gasteiger partial charge in [-0.25, -0.2) is 13.6 Å². The first-order valence-corrected chi connectivity index (χ1v) is 9.74. The topological polar surface area (TPSA) is 118 Å². The number of hydrogen-bond donors (Lipinski definition) is 3. The average Bonchev–Trinajstić information content (AvgIpc) is 2.54. The molecule has 0 saturated heterocycles. The number of carbonyl (C=O) groups excluding carboxylic acids is 2. The molecule has 0 aromatic heterocycles.